The minimum atomic E-state index is -0.970. The Balaban J connectivity index is 0.000000146. The topological polar surface area (TPSA) is 0 Å². The van der Waals surface area contributed by atoms with Gasteiger partial charge in [-0.05, 0) is 171 Å². The molecular formula is C35H74P7S5+3. The van der Waals surface area contributed by atoms with E-state index in [-0.39, 0.29) is 0 Å². The smallest absolute Gasteiger partial charge is 0.106 e. The predicted molar refractivity (Wildman–Crippen MR) is 258 cm³/mol. The SMILES string of the molecule is CP1(=S)CCCC1.C[P+]1(S)CCC[C@@H]1[C@H]1CCC[P+]1(C)S.C[P@@]1(=S)CCC[C@@H]1[C@H]1CCC[P+]1(C)S.C[P@@]1CCC[C@@H]1[C@H]1CCC[P@]1C. The molecule has 47 heavy (non-hydrogen) atoms. The number of hydrogen-bond acceptors (Lipinski definition) is 5. The van der Waals surface area contributed by atoms with Crippen LogP contribution in [-0.4, -0.2) is 130 Å². The van der Waals surface area contributed by atoms with Crippen LogP contribution in [0.1, 0.15) is 89.9 Å². The van der Waals surface area contributed by atoms with E-state index in [0.29, 0.717) is 15.8 Å². The first-order valence-electron chi connectivity index (χ1n) is 19.1. The number of rotatable bonds is 3. The minimum absolute atomic E-state index is 0.450. The first-order chi connectivity index (χ1) is 21.9. The standard InChI is InChI=1S/C10H22P2S2.C10H21P2S2.C10H20P2.C5H11PS/c2*1-11(13)7-3-5-9(11)10-6-4-8-12(10,2)14;1-11-7-3-5-9(11)10-6-4-8-12(10)2;1-6(7)4-2-3-5-6/h9-10,13-14H,3-8H2,1-2H3;9-10,13H,3-8H2,1-2H3;9-10H,3-8H2,1-2H3;2-5H2,1H3/q+2;+1;;/t9-,10-,11?,12?;9-,10-,11?,12-;9-,10-,11+,12+;/m111./s1. The Kier molecular flexibility index (Phi) is 18.0. The van der Waals surface area contributed by atoms with E-state index in [1.165, 1.54) is 112 Å². The molecule has 7 heterocycles. The molecule has 0 bridgehead atoms. The van der Waals surface area contributed by atoms with E-state index in [9.17, 15) is 0 Å². The van der Waals surface area contributed by atoms with E-state index in [2.05, 4.69) is 46.7 Å². The number of hydrogen-bond donors (Lipinski definition) is 3. The van der Waals surface area contributed by atoms with Crippen molar-refractivity contribution in [2.75, 3.05) is 95.9 Å². The van der Waals surface area contributed by atoms with Crippen LogP contribution in [0.4, 0.5) is 0 Å². The Bertz CT molecular complexity index is 1050. The maximum absolute atomic E-state index is 5.86. The third-order valence-corrected chi connectivity index (χ3v) is 42.0. The highest BCUT2D eigenvalue weighted by molar-refractivity contribution is 8.55. The molecule has 0 amide bonds. The average Bonchev–Trinajstić information content (AvgIpc) is 3.82. The molecule has 0 spiro atoms. The highest BCUT2D eigenvalue weighted by atomic mass is 32.7. The van der Waals surface area contributed by atoms with E-state index in [4.69, 9.17) is 60.4 Å². The lowest BCUT2D eigenvalue weighted by atomic mass is 10.1. The van der Waals surface area contributed by atoms with Gasteiger partial charge >= 0.3 is 0 Å². The summed E-state index contributed by atoms with van der Waals surface area (Å²) < 4.78 is 0. The van der Waals surface area contributed by atoms with Crippen LogP contribution in [0.3, 0.4) is 0 Å². The van der Waals surface area contributed by atoms with Crippen molar-refractivity contribution in [2.45, 2.75) is 124 Å². The van der Waals surface area contributed by atoms with Gasteiger partial charge in [0.25, 0.3) is 0 Å². The summed E-state index contributed by atoms with van der Waals surface area (Å²) in [4.78, 5) is 0. The van der Waals surface area contributed by atoms with Crippen molar-refractivity contribution in [3.05, 3.63) is 0 Å². The van der Waals surface area contributed by atoms with Crippen molar-refractivity contribution >= 4 is 108 Å². The monoisotopic (exact) mass is 871 g/mol. The van der Waals surface area contributed by atoms with Gasteiger partial charge in [-0.1, -0.05) is 23.6 Å². The summed E-state index contributed by atoms with van der Waals surface area (Å²) in [6.45, 7) is 14.6. The summed E-state index contributed by atoms with van der Waals surface area (Å²) in [6.07, 6.45) is 32.1. The molecule has 3 unspecified atom stereocenters. The summed E-state index contributed by atoms with van der Waals surface area (Å²) >= 11 is 26.1. The molecule has 7 rings (SSSR count). The van der Waals surface area contributed by atoms with E-state index >= 15 is 0 Å². The lowest BCUT2D eigenvalue weighted by Gasteiger charge is -2.29. The molecule has 0 aromatic heterocycles. The van der Waals surface area contributed by atoms with E-state index < -0.39 is 31.5 Å². The summed E-state index contributed by atoms with van der Waals surface area (Å²) in [5, 5.41) is 0. The quantitative estimate of drug-likeness (QED) is 0.191. The van der Waals surface area contributed by atoms with Gasteiger partial charge in [-0.2, -0.15) is 0 Å². The maximum Gasteiger partial charge on any atom is 0.117 e. The lowest BCUT2D eigenvalue weighted by molar-refractivity contribution is 0.695. The lowest BCUT2D eigenvalue weighted by Crippen LogP contribution is -2.22. The molecule has 0 nitrogen and oxygen atoms in total. The molecule has 0 radical (unpaired) electrons. The largest absolute Gasteiger partial charge is 0.117 e. The van der Waals surface area contributed by atoms with E-state index in [0.717, 1.165) is 22.6 Å². The van der Waals surface area contributed by atoms with Crippen LogP contribution in [0.15, 0.2) is 0 Å². The van der Waals surface area contributed by atoms with Crippen molar-refractivity contribution in [3.63, 3.8) is 0 Å². The minimum Gasteiger partial charge on any atom is -0.106 e. The first-order valence-corrected chi connectivity index (χ1v) is 41.3. The molecule has 7 aliphatic rings. The molecule has 0 N–H and O–H groups in total. The summed E-state index contributed by atoms with van der Waals surface area (Å²) in [5.74, 6) is 0. The molecule has 0 saturated carbocycles. The third-order valence-electron chi connectivity index (χ3n) is 13.3. The predicted octanol–water partition coefficient (Wildman–Crippen LogP) is 13.6. The van der Waals surface area contributed by atoms with E-state index in [1.807, 2.05) is 0 Å². The zero-order valence-corrected chi connectivity index (χ0v) is 41.9. The number of thiol groups is 3. The average molecular weight is 872 g/mol. The van der Waals surface area contributed by atoms with Crippen LogP contribution < -0.4 is 0 Å². The van der Waals surface area contributed by atoms with Gasteiger partial charge in [0.15, 0.2) is 0 Å². The van der Waals surface area contributed by atoms with Crippen LogP contribution >= 0.6 is 84.1 Å². The van der Waals surface area contributed by atoms with E-state index in [1.54, 1.807) is 38.0 Å². The summed E-state index contributed by atoms with van der Waals surface area (Å²) in [7, 11) is 0.900. The Morgan fingerprint density at radius 1 is 0.532 bits per heavy atom. The van der Waals surface area contributed by atoms with Crippen LogP contribution in [0.5, 0.6) is 0 Å². The summed E-state index contributed by atoms with van der Waals surface area (Å²) in [5.41, 5.74) is 6.16. The van der Waals surface area contributed by atoms with Gasteiger partial charge in [0.2, 0.25) is 0 Å². The molecule has 7 saturated heterocycles. The normalized spacial score (nSPS) is 48.7. The van der Waals surface area contributed by atoms with Gasteiger partial charge in [-0.3, -0.25) is 0 Å². The molecule has 276 valence electrons. The Hall–Kier alpha value is 4.50. The van der Waals surface area contributed by atoms with Crippen LogP contribution in [-0.2, 0) is 23.6 Å². The van der Waals surface area contributed by atoms with Gasteiger partial charge in [0.05, 0.1) is 63.5 Å². The molecule has 0 aromatic carbocycles. The van der Waals surface area contributed by atoms with Crippen molar-refractivity contribution in [2.24, 2.45) is 0 Å². The highest BCUT2D eigenvalue weighted by Crippen LogP contribution is 2.80. The second-order valence-corrected chi connectivity index (χ2v) is 53.6. The maximum atomic E-state index is 5.86. The van der Waals surface area contributed by atoms with Gasteiger partial charge in [-0.15, -0.1) is 15.8 Å². The zero-order chi connectivity index (χ0) is 34.7. The van der Waals surface area contributed by atoms with Crippen molar-refractivity contribution in [1.82, 2.24) is 0 Å². The van der Waals surface area contributed by atoms with Crippen molar-refractivity contribution in [3.8, 4) is 0 Å². The molecular weight excluding hydrogens is 798 g/mol. The molecule has 0 aliphatic carbocycles. The van der Waals surface area contributed by atoms with Crippen LogP contribution in [0.25, 0.3) is 0 Å². The fourth-order valence-corrected chi connectivity index (χ4v) is 40.0. The van der Waals surface area contributed by atoms with Crippen molar-refractivity contribution in [1.29, 1.82) is 0 Å². The van der Waals surface area contributed by atoms with Gasteiger partial charge < -0.3 is 0 Å². The van der Waals surface area contributed by atoms with Crippen LogP contribution in [0.2, 0.25) is 0 Å². The van der Waals surface area contributed by atoms with Gasteiger partial charge in [-0.25, -0.2) is 0 Å². The Labute approximate surface area is 324 Å². The fourth-order valence-electron chi connectivity index (χ4n) is 10.3. The second-order valence-electron chi connectivity index (χ2n) is 17.4. The zero-order valence-electron chi connectivity index (χ0n) is 31.3. The Morgan fingerprint density at radius 2 is 0.936 bits per heavy atom. The molecule has 0 aromatic rings. The Morgan fingerprint density at radius 3 is 1.19 bits per heavy atom. The van der Waals surface area contributed by atoms with Gasteiger partial charge in [0, 0.05) is 42.4 Å². The molecule has 7 fully saturated rings. The van der Waals surface area contributed by atoms with Crippen LogP contribution in [0, 0.1) is 0 Å². The fraction of sp³-hybridized carbons (Fsp3) is 1.00. The second kappa shape index (κ2) is 19.1. The van der Waals surface area contributed by atoms with Crippen molar-refractivity contribution < 1.29 is 0 Å². The molecule has 12 atom stereocenters. The molecule has 12 heteroatoms. The molecule has 7 aliphatic heterocycles. The highest BCUT2D eigenvalue weighted by Gasteiger charge is 2.58. The third kappa shape index (κ3) is 12.5. The summed E-state index contributed by atoms with van der Waals surface area (Å²) in [6, 6.07) is -1.68. The van der Waals surface area contributed by atoms with Gasteiger partial charge in [0.1, 0.15) is 11.3 Å². The first kappa shape index (κ1) is 44.2.